The molecule has 3 aromatic rings. The van der Waals surface area contributed by atoms with E-state index in [1.54, 1.807) is 18.1 Å². The van der Waals surface area contributed by atoms with Crippen LogP contribution in [0.15, 0.2) is 34.0 Å². The molecule has 0 saturated heterocycles. The van der Waals surface area contributed by atoms with Crippen molar-refractivity contribution in [1.29, 1.82) is 0 Å². The van der Waals surface area contributed by atoms with Crippen molar-refractivity contribution in [1.82, 2.24) is 15.0 Å². The maximum absolute atomic E-state index is 5.87. The van der Waals surface area contributed by atoms with Crippen molar-refractivity contribution >= 4 is 34.0 Å². The number of furan rings is 1. The molecular weight excluding hydrogens is 270 g/mol. The third kappa shape index (κ3) is 2.18. The second-order valence-corrected chi connectivity index (χ2v) is 5.91. The van der Waals surface area contributed by atoms with Gasteiger partial charge in [0, 0.05) is 11.4 Å². The van der Waals surface area contributed by atoms with Gasteiger partial charge in [-0.05, 0) is 32.4 Å². The third-order valence-corrected chi connectivity index (χ3v) is 4.31. The molecule has 20 heavy (non-hydrogen) atoms. The average molecular weight is 285 g/mol. The first kappa shape index (κ1) is 13.1. The molecule has 102 valence electrons. The number of hydrogen-bond acceptors (Lipinski definition) is 5. The van der Waals surface area contributed by atoms with E-state index in [0.717, 1.165) is 38.5 Å². The molecule has 0 N–H and O–H groups in total. The van der Waals surface area contributed by atoms with Gasteiger partial charge in [0.1, 0.15) is 16.9 Å². The van der Waals surface area contributed by atoms with Crippen LogP contribution >= 0.6 is 11.8 Å². The largest absolute Gasteiger partial charge is 0.433 e. The lowest BCUT2D eigenvalue weighted by Gasteiger charge is -1.99. The van der Waals surface area contributed by atoms with Crippen LogP contribution in [0.5, 0.6) is 0 Å². The Labute approximate surface area is 121 Å². The van der Waals surface area contributed by atoms with Gasteiger partial charge in [-0.25, -0.2) is 15.0 Å². The normalized spacial score (nSPS) is 11.3. The molecular formula is C15H15N3OS. The number of nitrogens with zero attached hydrogens (tertiary/aromatic N) is 3. The van der Waals surface area contributed by atoms with Gasteiger partial charge in [0.2, 0.25) is 5.71 Å². The second-order valence-electron chi connectivity index (χ2n) is 4.95. The molecule has 0 aliphatic heterocycles. The monoisotopic (exact) mass is 285 g/mol. The summed E-state index contributed by atoms with van der Waals surface area (Å²) in [5.41, 5.74) is 5.38. The highest BCUT2D eigenvalue weighted by Gasteiger charge is 2.15. The van der Waals surface area contributed by atoms with Crippen LogP contribution in [0, 0.1) is 13.8 Å². The lowest BCUT2D eigenvalue weighted by molar-refractivity contribution is 0.638. The Hall–Kier alpha value is -1.88. The van der Waals surface area contributed by atoms with E-state index in [1.807, 2.05) is 20.8 Å². The summed E-state index contributed by atoms with van der Waals surface area (Å²) in [6.07, 6.45) is 1.58. The highest BCUT2D eigenvalue weighted by molar-refractivity contribution is 7.99. The average Bonchev–Trinajstić information content (AvgIpc) is 2.75. The van der Waals surface area contributed by atoms with Crippen LogP contribution in [0.25, 0.3) is 22.2 Å². The number of rotatable bonds is 3. The molecule has 0 aromatic carbocycles. The zero-order valence-corrected chi connectivity index (χ0v) is 12.5. The minimum Gasteiger partial charge on any atom is -0.433 e. The molecule has 0 saturated carbocycles. The molecule has 0 radical (unpaired) electrons. The molecule has 0 fully saturated rings. The molecule has 5 heteroatoms. The topological polar surface area (TPSA) is 51.8 Å². The van der Waals surface area contributed by atoms with Crippen molar-refractivity contribution < 1.29 is 4.42 Å². The van der Waals surface area contributed by atoms with Gasteiger partial charge in [0.25, 0.3) is 0 Å². The first-order valence-electron chi connectivity index (χ1n) is 6.35. The summed E-state index contributed by atoms with van der Waals surface area (Å²) in [5.74, 6) is 0.814. The summed E-state index contributed by atoms with van der Waals surface area (Å²) in [5, 5.41) is 1.79. The van der Waals surface area contributed by atoms with Gasteiger partial charge in [-0.1, -0.05) is 23.9 Å². The summed E-state index contributed by atoms with van der Waals surface area (Å²) in [6.45, 7) is 9.92. The third-order valence-electron chi connectivity index (χ3n) is 3.11. The van der Waals surface area contributed by atoms with Gasteiger partial charge in [-0.3, -0.25) is 0 Å². The fourth-order valence-electron chi connectivity index (χ4n) is 1.96. The van der Waals surface area contributed by atoms with Crippen molar-refractivity contribution in [3.05, 3.63) is 35.8 Å². The van der Waals surface area contributed by atoms with E-state index < -0.39 is 0 Å². The van der Waals surface area contributed by atoms with Crippen LogP contribution in [0.2, 0.25) is 0 Å². The lowest BCUT2D eigenvalue weighted by Crippen LogP contribution is -1.87. The first-order valence-corrected chi connectivity index (χ1v) is 7.33. The standard InChI is InChI=1S/C15H15N3OS/c1-8(2)6-20-15-13-12(16-7-17-15)11-5-9(3)10(4)18-14(11)19-13/h5,7H,1,6H2,2-4H3. The zero-order chi connectivity index (χ0) is 14.3. The molecule has 3 heterocycles. The number of fused-ring (bicyclic) bond motifs is 3. The molecule has 0 atom stereocenters. The molecule has 3 rings (SSSR count). The Morgan fingerprint density at radius 1 is 1.35 bits per heavy atom. The minimum atomic E-state index is 0.626. The molecule has 4 nitrogen and oxygen atoms in total. The van der Waals surface area contributed by atoms with Gasteiger partial charge in [-0.15, -0.1) is 0 Å². The first-order chi connectivity index (χ1) is 9.56. The number of aromatic nitrogens is 3. The van der Waals surface area contributed by atoms with Crippen LogP contribution in [0.3, 0.4) is 0 Å². The van der Waals surface area contributed by atoms with Crippen molar-refractivity contribution in [2.45, 2.75) is 25.8 Å². The number of aryl methyl sites for hydroxylation is 2. The maximum Gasteiger partial charge on any atom is 0.229 e. The summed E-state index contributed by atoms with van der Waals surface area (Å²) < 4.78 is 5.87. The van der Waals surface area contributed by atoms with Crippen molar-refractivity contribution in [3.8, 4) is 0 Å². The van der Waals surface area contributed by atoms with Crippen LogP contribution in [0.4, 0.5) is 0 Å². The Balaban J connectivity index is 2.22. The van der Waals surface area contributed by atoms with E-state index in [0.29, 0.717) is 11.3 Å². The Morgan fingerprint density at radius 3 is 2.90 bits per heavy atom. The van der Waals surface area contributed by atoms with Gasteiger partial charge < -0.3 is 4.42 Å². The quantitative estimate of drug-likeness (QED) is 0.413. The van der Waals surface area contributed by atoms with Crippen molar-refractivity contribution in [2.75, 3.05) is 5.75 Å². The second kappa shape index (κ2) is 4.90. The smallest absolute Gasteiger partial charge is 0.229 e. The molecule has 0 unspecified atom stereocenters. The minimum absolute atomic E-state index is 0.626. The van der Waals surface area contributed by atoms with Crippen LogP contribution in [0.1, 0.15) is 18.2 Å². The van der Waals surface area contributed by atoms with E-state index in [-0.39, 0.29) is 0 Å². The van der Waals surface area contributed by atoms with E-state index >= 15 is 0 Å². The number of thioether (sulfide) groups is 1. The van der Waals surface area contributed by atoms with Gasteiger partial charge in [0.15, 0.2) is 5.58 Å². The molecule has 0 amide bonds. The molecule has 3 aromatic heterocycles. The van der Waals surface area contributed by atoms with Gasteiger partial charge in [0.05, 0.1) is 5.39 Å². The van der Waals surface area contributed by atoms with E-state index in [1.165, 1.54) is 0 Å². The summed E-state index contributed by atoms with van der Waals surface area (Å²) in [7, 11) is 0. The fraction of sp³-hybridized carbons (Fsp3) is 0.267. The van der Waals surface area contributed by atoms with Gasteiger partial charge in [-0.2, -0.15) is 0 Å². The summed E-state index contributed by atoms with van der Waals surface area (Å²) in [4.78, 5) is 13.1. The SMILES string of the molecule is C=C(C)CSc1ncnc2c1oc1nc(C)c(C)cc12. The van der Waals surface area contributed by atoms with Crippen molar-refractivity contribution in [2.24, 2.45) is 0 Å². The summed E-state index contributed by atoms with van der Waals surface area (Å²) >= 11 is 1.61. The van der Waals surface area contributed by atoms with Gasteiger partial charge >= 0.3 is 0 Å². The zero-order valence-electron chi connectivity index (χ0n) is 11.7. The van der Waals surface area contributed by atoms with E-state index in [2.05, 4.69) is 27.6 Å². The number of pyridine rings is 1. The highest BCUT2D eigenvalue weighted by Crippen LogP contribution is 2.32. The van der Waals surface area contributed by atoms with Crippen LogP contribution in [-0.4, -0.2) is 20.7 Å². The van der Waals surface area contributed by atoms with Crippen molar-refractivity contribution in [3.63, 3.8) is 0 Å². The lowest BCUT2D eigenvalue weighted by atomic mass is 10.2. The Kier molecular flexibility index (Phi) is 3.22. The molecule has 0 bridgehead atoms. The number of hydrogen-bond donors (Lipinski definition) is 0. The Morgan fingerprint density at radius 2 is 2.15 bits per heavy atom. The van der Waals surface area contributed by atoms with Crippen LogP contribution in [-0.2, 0) is 0 Å². The fourth-order valence-corrected chi connectivity index (χ4v) is 2.74. The van der Waals surface area contributed by atoms with E-state index in [9.17, 15) is 0 Å². The van der Waals surface area contributed by atoms with E-state index in [4.69, 9.17) is 4.42 Å². The maximum atomic E-state index is 5.87. The highest BCUT2D eigenvalue weighted by atomic mass is 32.2. The predicted molar refractivity (Wildman–Crippen MR) is 82.1 cm³/mol. The molecule has 0 aliphatic carbocycles. The predicted octanol–water partition coefficient (Wildman–Crippen LogP) is 4.06. The molecule has 0 aliphatic rings. The molecule has 0 spiro atoms. The van der Waals surface area contributed by atoms with Crippen LogP contribution < -0.4 is 0 Å². The Bertz CT molecular complexity index is 823. The summed E-state index contributed by atoms with van der Waals surface area (Å²) in [6, 6.07) is 2.07.